The molecule has 3 rings (SSSR count). The van der Waals surface area contributed by atoms with Crippen LogP contribution in [0.5, 0.6) is 0 Å². The molecule has 2 atom stereocenters. The molecule has 4 nitrogen and oxygen atoms in total. The summed E-state index contributed by atoms with van der Waals surface area (Å²) < 4.78 is 0. The third-order valence-electron chi connectivity index (χ3n) is 3.80. The van der Waals surface area contributed by atoms with Crippen LogP contribution in [0.4, 0.5) is 0 Å². The fourth-order valence-corrected chi connectivity index (χ4v) is 2.65. The van der Waals surface area contributed by atoms with Gasteiger partial charge in [0.25, 0.3) is 5.91 Å². The second-order valence-corrected chi connectivity index (χ2v) is 4.92. The molecule has 2 saturated heterocycles. The molecule has 1 saturated carbocycles. The zero-order valence-electron chi connectivity index (χ0n) is 8.20. The Morgan fingerprint density at radius 3 is 2.36 bits per heavy atom. The van der Waals surface area contributed by atoms with E-state index in [9.17, 15) is 9.90 Å². The summed E-state index contributed by atoms with van der Waals surface area (Å²) in [4.78, 5) is 13.7. The lowest BCUT2D eigenvalue weighted by Crippen LogP contribution is -2.40. The molecule has 1 aliphatic carbocycles. The molecule has 14 heavy (non-hydrogen) atoms. The summed E-state index contributed by atoms with van der Waals surface area (Å²) in [5, 5.41) is 13.1. The summed E-state index contributed by atoms with van der Waals surface area (Å²) in [6.45, 7) is 3.76. The number of rotatable bonds is 1. The Hall–Kier alpha value is -0.610. The van der Waals surface area contributed by atoms with Crippen molar-refractivity contribution in [2.45, 2.75) is 18.4 Å². The summed E-state index contributed by atoms with van der Waals surface area (Å²) in [6, 6.07) is 0. The van der Waals surface area contributed by atoms with E-state index in [4.69, 9.17) is 0 Å². The zero-order chi connectivity index (χ0) is 9.76. The van der Waals surface area contributed by atoms with E-state index in [-0.39, 0.29) is 5.91 Å². The van der Waals surface area contributed by atoms with E-state index in [0.29, 0.717) is 24.7 Å². The number of hydrogen-bond donors (Lipinski definition) is 2. The van der Waals surface area contributed by atoms with Crippen molar-refractivity contribution in [2.24, 2.45) is 11.8 Å². The van der Waals surface area contributed by atoms with Gasteiger partial charge in [-0.3, -0.25) is 4.79 Å². The van der Waals surface area contributed by atoms with Crippen LogP contribution in [0.15, 0.2) is 0 Å². The molecule has 0 aromatic rings. The van der Waals surface area contributed by atoms with Crippen molar-refractivity contribution < 1.29 is 9.90 Å². The number of carbonyl (C=O) groups excluding carboxylic acids is 1. The fraction of sp³-hybridized carbons (Fsp3) is 0.900. The van der Waals surface area contributed by atoms with Crippen molar-refractivity contribution in [1.82, 2.24) is 10.2 Å². The highest BCUT2D eigenvalue weighted by atomic mass is 16.3. The summed E-state index contributed by atoms with van der Waals surface area (Å²) in [7, 11) is 0. The van der Waals surface area contributed by atoms with E-state index in [1.807, 2.05) is 4.90 Å². The molecular formula is C10H16N2O2. The van der Waals surface area contributed by atoms with Gasteiger partial charge in [-0.15, -0.1) is 0 Å². The molecule has 0 spiro atoms. The summed E-state index contributed by atoms with van der Waals surface area (Å²) >= 11 is 0. The topological polar surface area (TPSA) is 52.6 Å². The molecular weight excluding hydrogens is 180 g/mol. The van der Waals surface area contributed by atoms with Crippen molar-refractivity contribution in [3.05, 3.63) is 0 Å². The lowest BCUT2D eigenvalue weighted by atomic mass is 10.0. The Balaban J connectivity index is 1.68. The maximum atomic E-state index is 11.8. The molecule has 2 heterocycles. The maximum Gasteiger partial charge on any atom is 0.254 e. The highest BCUT2D eigenvalue weighted by Crippen LogP contribution is 2.39. The van der Waals surface area contributed by atoms with Crippen LogP contribution in [-0.2, 0) is 4.79 Å². The normalized spacial score (nSPS) is 38.5. The first-order chi connectivity index (χ1) is 6.69. The van der Waals surface area contributed by atoms with Crippen molar-refractivity contribution in [3.63, 3.8) is 0 Å². The van der Waals surface area contributed by atoms with Gasteiger partial charge in [-0.25, -0.2) is 0 Å². The highest BCUT2D eigenvalue weighted by molar-refractivity contribution is 5.88. The molecule has 4 heteroatoms. The third kappa shape index (κ3) is 1.17. The Bertz CT molecular complexity index is 263. The van der Waals surface area contributed by atoms with E-state index < -0.39 is 5.60 Å². The Morgan fingerprint density at radius 2 is 1.86 bits per heavy atom. The number of nitrogens with one attached hydrogen (secondary N) is 1. The van der Waals surface area contributed by atoms with E-state index in [1.54, 1.807) is 0 Å². The van der Waals surface area contributed by atoms with Gasteiger partial charge in [-0.1, -0.05) is 0 Å². The van der Waals surface area contributed by atoms with Crippen LogP contribution in [0, 0.1) is 11.8 Å². The first-order valence-electron chi connectivity index (χ1n) is 5.41. The maximum absolute atomic E-state index is 11.8. The molecule has 2 unspecified atom stereocenters. The minimum atomic E-state index is -0.966. The Kier molecular flexibility index (Phi) is 1.67. The van der Waals surface area contributed by atoms with E-state index >= 15 is 0 Å². The minimum absolute atomic E-state index is 0.0214. The molecule has 0 aromatic carbocycles. The van der Waals surface area contributed by atoms with Gasteiger partial charge in [-0.2, -0.15) is 0 Å². The van der Waals surface area contributed by atoms with Gasteiger partial charge >= 0.3 is 0 Å². The van der Waals surface area contributed by atoms with Crippen molar-refractivity contribution in [3.8, 4) is 0 Å². The number of nitrogens with zero attached hydrogens (tertiary/aromatic N) is 1. The van der Waals surface area contributed by atoms with Crippen LogP contribution in [0.2, 0.25) is 0 Å². The van der Waals surface area contributed by atoms with Crippen LogP contribution < -0.4 is 5.32 Å². The number of carbonyl (C=O) groups is 1. The minimum Gasteiger partial charge on any atom is -0.380 e. The molecule has 3 aliphatic rings. The fourth-order valence-electron chi connectivity index (χ4n) is 2.65. The van der Waals surface area contributed by atoms with Gasteiger partial charge in [0.2, 0.25) is 0 Å². The molecule has 0 aromatic heterocycles. The first-order valence-corrected chi connectivity index (χ1v) is 5.41. The molecule has 0 radical (unpaired) electrons. The molecule has 78 valence electrons. The number of fused-ring (bicyclic) bond motifs is 1. The highest BCUT2D eigenvalue weighted by Gasteiger charge is 2.52. The Morgan fingerprint density at radius 1 is 1.29 bits per heavy atom. The number of amides is 1. The first kappa shape index (κ1) is 8.68. The van der Waals surface area contributed by atoms with Crippen LogP contribution in [0.3, 0.4) is 0 Å². The van der Waals surface area contributed by atoms with Crippen molar-refractivity contribution in [2.75, 3.05) is 26.2 Å². The van der Waals surface area contributed by atoms with E-state index in [1.165, 1.54) is 0 Å². The molecule has 2 N–H and O–H groups in total. The lowest BCUT2D eigenvalue weighted by molar-refractivity contribution is -0.141. The zero-order valence-corrected chi connectivity index (χ0v) is 8.20. The van der Waals surface area contributed by atoms with Gasteiger partial charge in [0.15, 0.2) is 0 Å². The SMILES string of the molecule is O=C(N1CC2CNCC2C1)C1(O)CC1. The second-order valence-electron chi connectivity index (χ2n) is 4.92. The standard InChI is InChI=1S/C10H16N2O2/c13-9(10(14)1-2-10)12-5-7-3-11-4-8(7)6-12/h7-8,11,14H,1-6H2. The summed E-state index contributed by atoms with van der Waals surface area (Å²) in [5.41, 5.74) is -0.966. The van der Waals surface area contributed by atoms with Crippen LogP contribution >= 0.6 is 0 Å². The lowest BCUT2D eigenvalue weighted by Gasteiger charge is -2.20. The van der Waals surface area contributed by atoms with Gasteiger partial charge in [0.05, 0.1) is 0 Å². The second kappa shape index (κ2) is 2.70. The predicted octanol–water partition coefficient (Wildman–Crippen LogP) is -0.811. The average molecular weight is 196 g/mol. The molecule has 1 amide bonds. The van der Waals surface area contributed by atoms with Gasteiger partial charge < -0.3 is 15.3 Å². The third-order valence-corrected chi connectivity index (χ3v) is 3.80. The monoisotopic (exact) mass is 196 g/mol. The average Bonchev–Trinajstić information content (AvgIpc) is 2.63. The quantitative estimate of drug-likeness (QED) is 0.576. The summed E-state index contributed by atoms with van der Waals surface area (Å²) in [6.07, 6.45) is 1.33. The smallest absolute Gasteiger partial charge is 0.254 e. The number of likely N-dealkylation sites (tertiary alicyclic amines) is 1. The molecule has 2 aliphatic heterocycles. The van der Waals surface area contributed by atoms with Gasteiger partial charge in [0, 0.05) is 26.2 Å². The predicted molar refractivity (Wildman–Crippen MR) is 50.6 cm³/mol. The van der Waals surface area contributed by atoms with Crippen LogP contribution in [0.1, 0.15) is 12.8 Å². The van der Waals surface area contributed by atoms with Crippen molar-refractivity contribution >= 4 is 5.91 Å². The summed E-state index contributed by atoms with van der Waals surface area (Å²) in [5.74, 6) is 1.23. The van der Waals surface area contributed by atoms with Crippen molar-refractivity contribution in [1.29, 1.82) is 0 Å². The van der Waals surface area contributed by atoms with Crippen LogP contribution in [0.25, 0.3) is 0 Å². The molecule has 3 fully saturated rings. The van der Waals surface area contributed by atoms with Gasteiger partial charge in [-0.05, 0) is 24.7 Å². The number of aliphatic hydroxyl groups is 1. The number of hydrogen-bond acceptors (Lipinski definition) is 3. The van der Waals surface area contributed by atoms with Gasteiger partial charge in [0.1, 0.15) is 5.60 Å². The Labute approximate surface area is 83.3 Å². The van der Waals surface area contributed by atoms with Crippen LogP contribution in [-0.4, -0.2) is 47.7 Å². The van der Waals surface area contributed by atoms with E-state index in [2.05, 4.69) is 5.32 Å². The van der Waals surface area contributed by atoms with E-state index in [0.717, 1.165) is 26.2 Å². The largest absolute Gasteiger partial charge is 0.380 e. The molecule has 0 bridgehead atoms.